The number of aromatic nitrogens is 1. The maximum atomic E-state index is 13.3. The molecular formula is C26H32N2O4. The number of aryl methyl sites for hydroxylation is 3. The van der Waals surface area contributed by atoms with Crippen molar-refractivity contribution in [2.45, 2.75) is 41.5 Å². The van der Waals surface area contributed by atoms with Crippen LogP contribution in [0.25, 0.3) is 11.8 Å². The van der Waals surface area contributed by atoms with Crippen molar-refractivity contribution in [1.29, 1.82) is 0 Å². The standard InChI is InChI=1S/C26H32N2O4/c1-8-32-26(30)24-20(6)27(11-12-31-7)25(29)22(24)15-21-14-18(4)28(19(21)5)23-10-9-16(2)13-17(23)3/h9-10,13-15H,8,11-12H2,1-7H3/b22-15-. The third-order valence-electron chi connectivity index (χ3n) is 5.87. The number of rotatable bonds is 7. The molecule has 0 N–H and O–H groups in total. The summed E-state index contributed by atoms with van der Waals surface area (Å²) >= 11 is 0. The second kappa shape index (κ2) is 9.57. The van der Waals surface area contributed by atoms with E-state index in [-0.39, 0.29) is 12.5 Å². The Labute approximate surface area is 190 Å². The van der Waals surface area contributed by atoms with Crippen molar-refractivity contribution < 1.29 is 19.1 Å². The summed E-state index contributed by atoms with van der Waals surface area (Å²) in [4.78, 5) is 27.6. The van der Waals surface area contributed by atoms with Gasteiger partial charge in [0.15, 0.2) is 0 Å². The molecule has 0 spiro atoms. The van der Waals surface area contributed by atoms with Crippen molar-refractivity contribution in [3.63, 3.8) is 0 Å². The number of benzene rings is 1. The second-order valence-electron chi connectivity index (χ2n) is 8.14. The number of ether oxygens (including phenoxy) is 2. The summed E-state index contributed by atoms with van der Waals surface area (Å²) in [5.41, 5.74) is 7.73. The van der Waals surface area contributed by atoms with E-state index in [0.29, 0.717) is 30.0 Å². The third kappa shape index (κ3) is 4.28. The van der Waals surface area contributed by atoms with Gasteiger partial charge in [0.2, 0.25) is 0 Å². The first kappa shape index (κ1) is 23.5. The molecular weight excluding hydrogens is 404 g/mol. The number of hydrogen-bond donors (Lipinski definition) is 0. The molecule has 0 unspecified atom stereocenters. The molecule has 1 amide bonds. The van der Waals surface area contributed by atoms with Gasteiger partial charge in [0.25, 0.3) is 5.91 Å². The van der Waals surface area contributed by atoms with Crippen molar-refractivity contribution in [2.75, 3.05) is 26.9 Å². The van der Waals surface area contributed by atoms with Gasteiger partial charge < -0.3 is 18.9 Å². The minimum absolute atomic E-state index is 0.209. The minimum atomic E-state index is -0.479. The lowest BCUT2D eigenvalue weighted by molar-refractivity contribution is -0.138. The molecule has 0 saturated carbocycles. The monoisotopic (exact) mass is 436 g/mol. The molecule has 0 atom stereocenters. The highest BCUT2D eigenvalue weighted by Gasteiger charge is 2.37. The Morgan fingerprint density at radius 1 is 1.09 bits per heavy atom. The van der Waals surface area contributed by atoms with Gasteiger partial charge in [0.1, 0.15) is 0 Å². The van der Waals surface area contributed by atoms with E-state index in [4.69, 9.17) is 9.47 Å². The Kier molecular flexibility index (Phi) is 7.04. The zero-order valence-electron chi connectivity index (χ0n) is 20.0. The van der Waals surface area contributed by atoms with E-state index in [0.717, 1.165) is 22.6 Å². The van der Waals surface area contributed by atoms with Gasteiger partial charge in [-0.05, 0) is 70.9 Å². The highest BCUT2D eigenvalue weighted by atomic mass is 16.5. The molecule has 3 rings (SSSR count). The summed E-state index contributed by atoms with van der Waals surface area (Å²) in [6.07, 6.45) is 1.81. The summed E-state index contributed by atoms with van der Waals surface area (Å²) in [5, 5.41) is 0. The van der Waals surface area contributed by atoms with Crippen molar-refractivity contribution in [1.82, 2.24) is 9.47 Å². The number of amides is 1. The summed E-state index contributed by atoms with van der Waals surface area (Å²) in [5.74, 6) is -0.688. The van der Waals surface area contributed by atoms with Crippen LogP contribution in [0, 0.1) is 27.7 Å². The molecule has 1 aromatic carbocycles. The van der Waals surface area contributed by atoms with Crippen LogP contribution in [0.15, 0.2) is 41.1 Å². The van der Waals surface area contributed by atoms with Crippen LogP contribution < -0.4 is 0 Å². The molecule has 0 aliphatic carbocycles. The number of carbonyl (C=O) groups excluding carboxylic acids is 2. The Morgan fingerprint density at radius 2 is 1.81 bits per heavy atom. The number of nitrogens with zero attached hydrogens (tertiary/aromatic N) is 2. The predicted molar refractivity (Wildman–Crippen MR) is 126 cm³/mol. The van der Waals surface area contributed by atoms with Gasteiger partial charge in [-0.1, -0.05) is 17.7 Å². The van der Waals surface area contributed by atoms with E-state index in [1.165, 1.54) is 11.1 Å². The molecule has 0 fully saturated rings. The molecule has 6 nitrogen and oxygen atoms in total. The van der Waals surface area contributed by atoms with Crippen molar-refractivity contribution in [3.05, 3.63) is 69.2 Å². The zero-order chi connectivity index (χ0) is 23.6. The summed E-state index contributed by atoms with van der Waals surface area (Å²) in [6, 6.07) is 8.41. The van der Waals surface area contributed by atoms with E-state index < -0.39 is 5.97 Å². The fourth-order valence-corrected chi connectivity index (χ4v) is 4.30. The maximum absolute atomic E-state index is 13.3. The average Bonchev–Trinajstić information content (AvgIpc) is 3.13. The number of esters is 1. The molecule has 0 saturated heterocycles. The Balaban J connectivity index is 2.11. The van der Waals surface area contributed by atoms with Gasteiger partial charge in [-0.3, -0.25) is 4.79 Å². The smallest absolute Gasteiger partial charge is 0.340 e. The van der Waals surface area contributed by atoms with Gasteiger partial charge in [-0.2, -0.15) is 0 Å². The lowest BCUT2D eigenvalue weighted by atomic mass is 10.0. The molecule has 1 aliphatic rings. The largest absolute Gasteiger partial charge is 0.462 e. The van der Waals surface area contributed by atoms with Crippen LogP contribution in [0.1, 0.15) is 41.9 Å². The van der Waals surface area contributed by atoms with Crippen molar-refractivity contribution in [3.8, 4) is 5.69 Å². The summed E-state index contributed by atoms with van der Waals surface area (Å²) < 4.78 is 12.6. The SMILES string of the molecule is CCOC(=O)C1=C(C)N(CCOC)C(=O)/C1=C\c1cc(C)n(-c2ccc(C)cc2C)c1C. The molecule has 0 radical (unpaired) electrons. The number of carbonyl (C=O) groups is 2. The van der Waals surface area contributed by atoms with Crippen LogP contribution in [0.4, 0.5) is 0 Å². The van der Waals surface area contributed by atoms with E-state index in [2.05, 4.69) is 36.6 Å². The van der Waals surface area contributed by atoms with Gasteiger partial charge in [0.05, 0.1) is 24.4 Å². The van der Waals surface area contributed by atoms with Crippen LogP contribution in [0.3, 0.4) is 0 Å². The second-order valence-corrected chi connectivity index (χ2v) is 8.14. The highest BCUT2D eigenvalue weighted by molar-refractivity contribution is 6.16. The summed E-state index contributed by atoms with van der Waals surface area (Å²) in [7, 11) is 1.59. The Hall–Kier alpha value is -3.12. The van der Waals surface area contributed by atoms with Crippen LogP contribution in [-0.4, -0.2) is 48.2 Å². The Bertz CT molecular complexity index is 1120. The third-order valence-corrected chi connectivity index (χ3v) is 5.87. The lowest BCUT2D eigenvalue weighted by Crippen LogP contribution is -2.28. The normalized spacial score (nSPS) is 15.3. The van der Waals surface area contributed by atoms with Gasteiger partial charge in [-0.25, -0.2) is 4.79 Å². The fraction of sp³-hybridized carbons (Fsp3) is 0.385. The van der Waals surface area contributed by atoms with E-state index >= 15 is 0 Å². The van der Waals surface area contributed by atoms with Crippen LogP contribution in [-0.2, 0) is 19.1 Å². The van der Waals surface area contributed by atoms with Gasteiger partial charge >= 0.3 is 5.97 Å². The molecule has 2 heterocycles. The topological polar surface area (TPSA) is 60.8 Å². The van der Waals surface area contributed by atoms with E-state index in [1.807, 2.05) is 26.0 Å². The predicted octanol–water partition coefficient (Wildman–Crippen LogP) is 4.42. The van der Waals surface area contributed by atoms with Crippen LogP contribution in [0.5, 0.6) is 0 Å². The van der Waals surface area contributed by atoms with Gasteiger partial charge in [-0.15, -0.1) is 0 Å². The van der Waals surface area contributed by atoms with Crippen LogP contribution in [0.2, 0.25) is 0 Å². The van der Waals surface area contributed by atoms with Crippen molar-refractivity contribution in [2.24, 2.45) is 0 Å². The maximum Gasteiger partial charge on any atom is 0.340 e. The first-order valence-corrected chi connectivity index (χ1v) is 10.9. The zero-order valence-corrected chi connectivity index (χ0v) is 20.0. The fourth-order valence-electron chi connectivity index (χ4n) is 4.30. The number of hydrogen-bond acceptors (Lipinski definition) is 4. The average molecular weight is 437 g/mol. The number of allylic oxidation sites excluding steroid dienone is 1. The molecule has 1 aromatic heterocycles. The quantitative estimate of drug-likeness (QED) is 0.476. The Morgan fingerprint density at radius 3 is 2.44 bits per heavy atom. The summed E-state index contributed by atoms with van der Waals surface area (Å²) in [6.45, 7) is 12.8. The van der Waals surface area contributed by atoms with Crippen LogP contribution >= 0.6 is 0 Å². The van der Waals surface area contributed by atoms with Crippen molar-refractivity contribution >= 4 is 18.0 Å². The first-order chi connectivity index (χ1) is 15.2. The van der Waals surface area contributed by atoms with E-state index in [1.54, 1.807) is 25.9 Å². The molecule has 1 aliphatic heterocycles. The molecule has 170 valence electrons. The molecule has 0 bridgehead atoms. The number of methoxy groups -OCH3 is 1. The van der Waals surface area contributed by atoms with E-state index in [9.17, 15) is 9.59 Å². The first-order valence-electron chi connectivity index (χ1n) is 10.9. The highest BCUT2D eigenvalue weighted by Crippen LogP contribution is 2.33. The van der Waals surface area contributed by atoms with Gasteiger partial charge in [0, 0.05) is 36.4 Å². The molecule has 32 heavy (non-hydrogen) atoms. The molecule has 6 heteroatoms. The minimum Gasteiger partial charge on any atom is -0.462 e. The molecule has 2 aromatic rings. The lowest BCUT2D eigenvalue weighted by Gasteiger charge is -2.16.